The molecule has 2 saturated heterocycles. The van der Waals surface area contributed by atoms with Crippen LogP contribution in [0.1, 0.15) is 71.2 Å². The maximum Gasteiger partial charge on any atom is 0.407 e. The molecular formula is C31H46FN7O4. The molecule has 43 heavy (non-hydrogen) atoms. The fourth-order valence-corrected chi connectivity index (χ4v) is 6.60. The molecule has 0 bridgehead atoms. The number of hydrogen-bond acceptors (Lipinski definition) is 8. The van der Waals surface area contributed by atoms with E-state index in [9.17, 15) is 14.0 Å². The van der Waals surface area contributed by atoms with Crippen molar-refractivity contribution in [1.29, 1.82) is 0 Å². The second-order valence-corrected chi connectivity index (χ2v) is 13.0. The summed E-state index contributed by atoms with van der Waals surface area (Å²) in [5.41, 5.74) is 0.250. The smallest absolute Gasteiger partial charge is 0.407 e. The number of likely N-dealkylation sites (tertiary alicyclic amines) is 1. The third kappa shape index (κ3) is 7.34. The summed E-state index contributed by atoms with van der Waals surface area (Å²) in [6, 6.07) is 4.16. The molecule has 1 N–H and O–H groups in total. The Balaban J connectivity index is 1.46. The first-order valence-corrected chi connectivity index (χ1v) is 15.2. The molecule has 1 aromatic carbocycles. The molecule has 0 radical (unpaired) electrons. The van der Waals surface area contributed by atoms with E-state index in [1.165, 1.54) is 29.4 Å². The van der Waals surface area contributed by atoms with Crippen molar-refractivity contribution in [2.24, 2.45) is 11.3 Å². The highest BCUT2D eigenvalue weighted by atomic mass is 19.1. The van der Waals surface area contributed by atoms with E-state index in [1.807, 2.05) is 27.7 Å². The lowest BCUT2D eigenvalue weighted by Gasteiger charge is -2.53. The van der Waals surface area contributed by atoms with Crippen LogP contribution in [-0.4, -0.2) is 105 Å². The molecule has 1 spiro atoms. The van der Waals surface area contributed by atoms with E-state index in [1.54, 1.807) is 11.9 Å². The summed E-state index contributed by atoms with van der Waals surface area (Å²) in [6.07, 6.45) is 3.27. The lowest BCUT2D eigenvalue weighted by atomic mass is 9.76. The van der Waals surface area contributed by atoms with Gasteiger partial charge in [-0.25, -0.2) is 14.2 Å². The molecule has 1 unspecified atom stereocenters. The van der Waals surface area contributed by atoms with E-state index in [-0.39, 0.29) is 40.6 Å². The highest BCUT2D eigenvalue weighted by molar-refractivity contribution is 5.97. The lowest BCUT2D eigenvalue weighted by Crippen LogP contribution is -2.62. The second-order valence-electron chi connectivity index (χ2n) is 13.0. The van der Waals surface area contributed by atoms with Gasteiger partial charge in [0.25, 0.3) is 11.8 Å². The Kier molecular flexibility index (Phi) is 10.1. The van der Waals surface area contributed by atoms with Crippen LogP contribution < -0.4 is 9.64 Å². The van der Waals surface area contributed by atoms with Gasteiger partial charge in [-0.15, -0.1) is 10.2 Å². The van der Waals surface area contributed by atoms with E-state index in [0.717, 1.165) is 45.4 Å². The van der Waals surface area contributed by atoms with E-state index in [2.05, 4.69) is 38.8 Å². The van der Waals surface area contributed by atoms with Crippen molar-refractivity contribution >= 4 is 17.8 Å². The number of benzene rings is 1. The maximum absolute atomic E-state index is 14.3. The van der Waals surface area contributed by atoms with E-state index >= 15 is 0 Å². The van der Waals surface area contributed by atoms with Gasteiger partial charge in [-0.05, 0) is 71.1 Å². The Bertz CT molecular complexity index is 1280. The van der Waals surface area contributed by atoms with Crippen molar-refractivity contribution in [2.45, 2.75) is 78.9 Å². The van der Waals surface area contributed by atoms with Crippen molar-refractivity contribution < 1.29 is 23.8 Å². The number of nitrogens with zero attached hydrogens (tertiary/aromatic N) is 7. The van der Waals surface area contributed by atoms with Crippen molar-refractivity contribution in [3.05, 3.63) is 35.9 Å². The zero-order chi connectivity index (χ0) is 31.5. The predicted molar refractivity (Wildman–Crippen MR) is 162 cm³/mol. The number of ether oxygens (including phenoxy) is 1. The van der Waals surface area contributed by atoms with Crippen LogP contribution in [0, 0.1) is 17.2 Å². The average Bonchev–Trinajstić information content (AvgIpc) is 3.36. The highest BCUT2D eigenvalue weighted by Crippen LogP contribution is 2.44. The van der Waals surface area contributed by atoms with Crippen molar-refractivity contribution in [1.82, 2.24) is 29.9 Å². The van der Waals surface area contributed by atoms with Crippen LogP contribution in [0.5, 0.6) is 11.6 Å². The first-order valence-electron chi connectivity index (χ1n) is 15.2. The third-order valence-electron chi connectivity index (χ3n) is 8.67. The number of hydrogen-bond donors (Lipinski definition) is 1. The Morgan fingerprint density at radius 2 is 1.81 bits per heavy atom. The minimum absolute atomic E-state index is 0.0819. The van der Waals surface area contributed by atoms with Gasteiger partial charge in [-0.2, -0.15) is 0 Å². The predicted octanol–water partition coefficient (Wildman–Crippen LogP) is 4.99. The molecule has 0 saturated carbocycles. The molecule has 2 aromatic rings. The number of carbonyl (C=O) groups is 2. The molecule has 12 heteroatoms. The monoisotopic (exact) mass is 599 g/mol. The molecule has 2 fully saturated rings. The number of carboxylic acid groups (broad SMARTS) is 1. The third-order valence-corrected chi connectivity index (χ3v) is 8.67. The zero-order valence-electron chi connectivity index (χ0n) is 26.5. The van der Waals surface area contributed by atoms with Gasteiger partial charge >= 0.3 is 6.09 Å². The van der Waals surface area contributed by atoms with E-state index < -0.39 is 11.9 Å². The molecule has 1 aromatic heterocycles. The number of carbonyl (C=O) groups excluding carboxylic acids is 1. The molecule has 0 aliphatic carbocycles. The standard InChI is InChI=1S/C31H46FN7O4/c1-20(2)25(9-8-13-36(7)30(41)42)38-17-31(18-38)12-14-37(16-31)27-28(35-34-19-33-27)43-26-11-10-23(32)15-24(26)29(40)39(21(3)4)22(5)6/h10-11,15,19-22,25H,8-9,12-14,16-18H2,1-7H3,(H,41,42). The van der Waals surface area contributed by atoms with Crippen LogP contribution in [-0.2, 0) is 0 Å². The summed E-state index contributed by atoms with van der Waals surface area (Å²) in [5.74, 6) is 0.561. The normalized spacial score (nSPS) is 17.0. The summed E-state index contributed by atoms with van der Waals surface area (Å²) >= 11 is 0. The van der Waals surface area contributed by atoms with Crippen molar-refractivity contribution in [2.75, 3.05) is 44.7 Å². The van der Waals surface area contributed by atoms with Gasteiger partial charge in [0.2, 0.25) is 0 Å². The van der Waals surface area contributed by atoms with Crippen LogP contribution in [0.3, 0.4) is 0 Å². The first kappa shape index (κ1) is 32.4. The number of amides is 2. The van der Waals surface area contributed by atoms with Crippen LogP contribution in [0.2, 0.25) is 0 Å². The van der Waals surface area contributed by atoms with Gasteiger partial charge < -0.3 is 24.5 Å². The molecule has 2 aliphatic heterocycles. The van der Waals surface area contributed by atoms with Crippen LogP contribution in [0.15, 0.2) is 24.5 Å². The number of anilines is 1. The highest BCUT2D eigenvalue weighted by Gasteiger charge is 2.50. The number of halogens is 1. The lowest BCUT2D eigenvalue weighted by molar-refractivity contribution is -0.0343. The second kappa shape index (κ2) is 13.4. The number of aromatic nitrogens is 3. The van der Waals surface area contributed by atoms with Gasteiger partial charge in [0.05, 0.1) is 5.56 Å². The largest absolute Gasteiger partial charge is 0.465 e. The molecule has 2 aliphatic rings. The Morgan fingerprint density at radius 3 is 2.44 bits per heavy atom. The van der Waals surface area contributed by atoms with E-state index in [4.69, 9.17) is 9.84 Å². The van der Waals surface area contributed by atoms with Gasteiger partial charge in [-0.3, -0.25) is 9.69 Å². The minimum Gasteiger partial charge on any atom is -0.465 e. The van der Waals surface area contributed by atoms with Crippen molar-refractivity contribution in [3.63, 3.8) is 0 Å². The SMILES string of the molecule is CC(C)C(CCCN(C)C(=O)O)N1CC2(CCN(c3ncnnc3Oc3ccc(F)cc3C(=O)N(C(C)C)C(C)C)C2)C1. The van der Waals surface area contributed by atoms with E-state index in [0.29, 0.717) is 24.3 Å². The topological polar surface area (TPSA) is 115 Å². The Labute approximate surface area is 254 Å². The van der Waals surface area contributed by atoms with Crippen molar-refractivity contribution in [3.8, 4) is 11.6 Å². The molecule has 2 amide bonds. The summed E-state index contributed by atoms with van der Waals surface area (Å²) in [6.45, 7) is 16.2. The van der Waals surface area contributed by atoms with Gasteiger partial charge in [0, 0.05) is 63.3 Å². The van der Waals surface area contributed by atoms with Crippen LogP contribution in [0.25, 0.3) is 0 Å². The first-order chi connectivity index (χ1) is 20.3. The summed E-state index contributed by atoms with van der Waals surface area (Å²) in [4.78, 5) is 36.9. The van der Waals surface area contributed by atoms with Gasteiger partial charge in [0.1, 0.15) is 17.9 Å². The Morgan fingerprint density at radius 1 is 1.12 bits per heavy atom. The maximum atomic E-state index is 14.3. The molecule has 236 valence electrons. The molecular weight excluding hydrogens is 553 g/mol. The summed E-state index contributed by atoms with van der Waals surface area (Å²) in [7, 11) is 1.61. The van der Waals surface area contributed by atoms with Gasteiger partial charge in [-0.1, -0.05) is 13.8 Å². The summed E-state index contributed by atoms with van der Waals surface area (Å²) < 4.78 is 20.5. The zero-order valence-corrected chi connectivity index (χ0v) is 26.5. The average molecular weight is 600 g/mol. The molecule has 1 atom stereocenters. The minimum atomic E-state index is -0.895. The van der Waals surface area contributed by atoms with Crippen LogP contribution >= 0.6 is 0 Å². The fourth-order valence-electron chi connectivity index (χ4n) is 6.60. The quantitative estimate of drug-likeness (QED) is 0.360. The molecule has 11 nitrogen and oxygen atoms in total. The summed E-state index contributed by atoms with van der Waals surface area (Å²) in [5, 5.41) is 17.3. The Hall–Kier alpha value is -3.54. The molecule has 4 rings (SSSR count). The molecule has 3 heterocycles. The van der Waals surface area contributed by atoms with Crippen LogP contribution in [0.4, 0.5) is 15.0 Å². The van der Waals surface area contributed by atoms with Gasteiger partial charge in [0.15, 0.2) is 5.82 Å². The number of rotatable bonds is 12. The fraction of sp³-hybridized carbons (Fsp3) is 0.645.